The van der Waals surface area contributed by atoms with Gasteiger partial charge in [-0.05, 0) is 29.3 Å². The minimum Gasteiger partial charge on any atom is -0.508 e. The second kappa shape index (κ2) is 8.23. The van der Waals surface area contributed by atoms with Crippen LogP contribution in [0.1, 0.15) is 11.1 Å². The van der Waals surface area contributed by atoms with E-state index < -0.39 is 11.2 Å². The summed E-state index contributed by atoms with van der Waals surface area (Å²) in [6, 6.07) is 14.3. The summed E-state index contributed by atoms with van der Waals surface area (Å²) in [6.07, 6.45) is 1.53. The quantitative estimate of drug-likeness (QED) is 0.335. The molecule has 0 bridgehead atoms. The maximum Gasteiger partial charge on any atom is 0.332 e. The van der Waals surface area contributed by atoms with Crippen molar-refractivity contribution in [3.63, 3.8) is 0 Å². The van der Waals surface area contributed by atoms with Crippen LogP contribution in [0.4, 0.5) is 5.95 Å². The zero-order chi connectivity index (χ0) is 22.1. The highest BCUT2D eigenvalue weighted by molar-refractivity contribution is 9.10. The van der Waals surface area contributed by atoms with Crippen LogP contribution < -0.4 is 16.7 Å². The van der Waals surface area contributed by atoms with E-state index in [1.54, 1.807) is 35.9 Å². The summed E-state index contributed by atoms with van der Waals surface area (Å²) in [5.74, 6) is 0.434. The average Bonchev–Trinajstić information content (AvgIpc) is 3.11. The summed E-state index contributed by atoms with van der Waals surface area (Å²) in [6.45, 7) is 0.329. The van der Waals surface area contributed by atoms with Gasteiger partial charge in [0.05, 0.1) is 12.8 Å². The van der Waals surface area contributed by atoms with Crippen LogP contribution in [0, 0.1) is 0 Å². The number of hydrogen-bond donors (Lipinski definition) is 2. The van der Waals surface area contributed by atoms with Crippen LogP contribution in [0.2, 0.25) is 0 Å². The summed E-state index contributed by atoms with van der Waals surface area (Å²) in [7, 11) is 3.01. The molecule has 0 unspecified atom stereocenters. The zero-order valence-corrected chi connectivity index (χ0v) is 18.4. The van der Waals surface area contributed by atoms with Gasteiger partial charge >= 0.3 is 5.69 Å². The lowest BCUT2D eigenvalue weighted by Crippen LogP contribution is -2.37. The molecule has 2 N–H and O–H groups in total. The summed E-state index contributed by atoms with van der Waals surface area (Å²) < 4.78 is 4.96. The van der Waals surface area contributed by atoms with Gasteiger partial charge in [-0.2, -0.15) is 10.1 Å². The summed E-state index contributed by atoms with van der Waals surface area (Å²) in [4.78, 5) is 29.8. The Labute approximate surface area is 185 Å². The number of imidazole rings is 1. The molecule has 0 atom stereocenters. The molecule has 0 aliphatic rings. The SMILES string of the molecule is Cn1c(=O)c2c(nc(N/N=C\c3cccc(O)c3)n2Cc2ccccc2Br)n(C)c1=O. The first-order valence-electron chi connectivity index (χ1n) is 9.34. The molecular weight excluding hydrogens is 464 g/mol. The number of benzene rings is 2. The van der Waals surface area contributed by atoms with E-state index in [-0.39, 0.29) is 16.9 Å². The third-order valence-electron chi connectivity index (χ3n) is 4.88. The summed E-state index contributed by atoms with van der Waals surface area (Å²) in [5.41, 5.74) is 4.12. The predicted octanol–water partition coefficient (Wildman–Crippen LogP) is 2.40. The maximum absolute atomic E-state index is 12.9. The number of fused-ring (bicyclic) bond motifs is 1. The van der Waals surface area contributed by atoms with Crippen molar-refractivity contribution in [2.75, 3.05) is 5.43 Å². The van der Waals surface area contributed by atoms with E-state index in [9.17, 15) is 14.7 Å². The van der Waals surface area contributed by atoms with Gasteiger partial charge in [-0.1, -0.05) is 46.3 Å². The molecule has 2 aromatic heterocycles. The Morgan fingerprint density at radius 2 is 1.90 bits per heavy atom. The average molecular weight is 483 g/mol. The lowest BCUT2D eigenvalue weighted by Gasteiger charge is -2.10. The molecule has 0 aliphatic heterocycles. The first-order valence-corrected chi connectivity index (χ1v) is 10.1. The molecule has 0 spiro atoms. The Kier molecular flexibility index (Phi) is 5.47. The van der Waals surface area contributed by atoms with E-state index in [0.29, 0.717) is 18.1 Å². The van der Waals surface area contributed by atoms with E-state index in [1.807, 2.05) is 24.3 Å². The minimum absolute atomic E-state index is 0.128. The molecule has 2 heterocycles. The van der Waals surface area contributed by atoms with Gasteiger partial charge < -0.3 is 5.11 Å². The van der Waals surface area contributed by atoms with Gasteiger partial charge in [0.15, 0.2) is 11.2 Å². The molecule has 2 aromatic carbocycles. The number of hydrazone groups is 1. The Bertz CT molecular complexity index is 1430. The van der Waals surface area contributed by atoms with Crippen molar-refractivity contribution in [3.8, 4) is 5.75 Å². The lowest BCUT2D eigenvalue weighted by atomic mass is 10.2. The van der Waals surface area contributed by atoms with Crippen LogP contribution in [0.3, 0.4) is 0 Å². The second-order valence-electron chi connectivity index (χ2n) is 6.96. The third-order valence-corrected chi connectivity index (χ3v) is 5.66. The standard InChI is InChI=1S/C21H19BrN6O3/c1-26-18-17(19(30)27(2)21(26)31)28(12-14-7-3-4-9-16(14)22)20(24-18)25-23-11-13-6-5-8-15(29)10-13/h3-11,29H,12H2,1-2H3,(H,24,25)/b23-11-. The topological polar surface area (TPSA) is 106 Å². The van der Waals surface area contributed by atoms with Crippen molar-refractivity contribution in [2.24, 2.45) is 19.2 Å². The molecule has 0 radical (unpaired) electrons. The maximum atomic E-state index is 12.9. The molecule has 0 saturated carbocycles. The van der Waals surface area contributed by atoms with Gasteiger partial charge in [0.25, 0.3) is 5.56 Å². The number of phenols is 1. The van der Waals surface area contributed by atoms with Crippen molar-refractivity contribution in [1.29, 1.82) is 0 Å². The number of hydrogen-bond acceptors (Lipinski definition) is 6. The fraction of sp³-hybridized carbons (Fsp3) is 0.143. The molecule has 0 fully saturated rings. The second-order valence-corrected chi connectivity index (χ2v) is 7.81. The third kappa shape index (κ3) is 3.89. The Balaban J connectivity index is 1.84. The number of nitrogens with zero attached hydrogens (tertiary/aromatic N) is 5. The van der Waals surface area contributed by atoms with E-state index in [4.69, 9.17) is 0 Å². The number of aryl methyl sites for hydroxylation is 1. The first kappa shape index (κ1) is 20.6. The van der Waals surface area contributed by atoms with Crippen LogP contribution >= 0.6 is 15.9 Å². The highest BCUT2D eigenvalue weighted by Gasteiger charge is 2.19. The van der Waals surface area contributed by atoms with E-state index in [2.05, 4.69) is 31.4 Å². The first-order chi connectivity index (χ1) is 14.9. The highest BCUT2D eigenvalue weighted by atomic mass is 79.9. The number of nitrogens with one attached hydrogen (secondary N) is 1. The van der Waals surface area contributed by atoms with Gasteiger partial charge in [0, 0.05) is 18.6 Å². The van der Waals surface area contributed by atoms with Crippen molar-refractivity contribution in [1.82, 2.24) is 18.7 Å². The lowest BCUT2D eigenvalue weighted by molar-refractivity contribution is 0.475. The van der Waals surface area contributed by atoms with Crippen LogP contribution in [0.15, 0.2) is 67.7 Å². The van der Waals surface area contributed by atoms with Gasteiger partial charge in [-0.25, -0.2) is 10.2 Å². The number of anilines is 1. The molecule has 9 nitrogen and oxygen atoms in total. The van der Waals surface area contributed by atoms with Gasteiger partial charge in [-0.3, -0.25) is 18.5 Å². The van der Waals surface area contributed by atoms with Crippen molar-refractivity contribution >= 4 is 39.3 Å². The monoisotopic (exact) mass is 482 g/mol. The van der Waals surface area contributed by atoms with Gasteiger partial charge in [0.1, 0.15) is 5.75 Å². The van der Waals surface area contributed by atoms with Crippen molar-refractivity contribution < 1.29 is 5.11 Å². The highest BCUT2D eigenvalue weighted by Crippen LogP contribution is 2.22. The zero-order valence-electron chi connectivity index (χ0n) is 16.8. The predicted molar refractivity (Wildman–Crippen MR) is 123 cm³/mol. The molecule has 4 rings (SSSR count). The van der Waals surface area contributed by atoms with Crippen LogP contribution in [-0.2, 0) is 20.6 Å². The molecule has 0 aliphatic carbocycles. The number of aromatic nitrogens is 4. The largest absolute Gasteiger partial charge is 0.508 e. The van der Waals surface area contributed by atoms with E-state index in [1.165, 1.54) is 17.8 Å². The van der Waals surface area contributed by atoms with E-state index in [0.717, 1.165) is 14.6 Å². The number of rotatable bonds is 5. The molecule has 0 saturated heterocycles. The molecule has 158 valence electrons. The Hall–Kier alpha value is -3.66. The fourth-order valence-corrected chi connectivity index (χ4v) is 3.66. The number of phenolic OH excluding ortho intramolecular Hbond substituents is 1. The molecule has 4 aromatic rings. The summed E-state index contributed by atoms with van der Waals surface area (Å²) in [5, 5.41) is 13.8. The normalized spacial score (nSPS) is 11.5. The van der Waals surface area contributed by atoms with E-state index >= 15 is 0 Å². The molecule has 31 heavy (non-hydrogen) atoms. The smallest absolute Gasteiger partial charge is 0.332 e. The van der Waals surface area contributed by atoms with Crippen LogP contribution in [0.5, 0.6) is 5.75 Å². The van der Waals surface area contributed by atoms with Crippen LogP contribution in [-0.4, -0.2) is 30.0 Å². The number of aromatic hydroxyl groups is 1. The Morgan fingerprint density at radius 3 is 2.65 bits per heavy atom. The van der Waals surface area contributed by atoms with Crippen molar-refractivity contribution in [3.05, 3.63) is 85.0 Å². The Morgan fingerprint density at radius 1 is 1.13 bits per heavy atom. The minimum atomic E-state index is -0.460. The summed E-state index contributed by atoms with van der Waals surface area (Å²) >= 11 is 3.53. The van der Waals surface area contributed by atoms with Crippen molar-refractivity contribution in [2.45, 2.75) is 6.54 Å². The fourth-order valence-electron chi connectivity index (χ4n) is 3.25. The van der Waals surface area contributed by atoms with Crippen LogP contribution in [0.25, 0.3) is 11.2 Å². The number of halogens is 1. The van der Waals surface area contributed by atoms with Gasteiger partial charge in [-0.15, -0.1) is 0 Å². The van der Waals surface area contributed by atoms with Gasteiger partial charge in [0.2, 0.25) is 5.95 Å². The molecular formula is C21H19BrN6O3. The molecule has 0 amide bonds. The molecule has 10 heteroatoms.